The van der Waals surface area contributed by atoms with E-state index in [2.05, 4.69) is 13.8 Å². The van der Waals surface area contributed by atoms with Gasteiger partial charge in [-0.1, -0.05) is 12.1 Å². The fourth-order valence-electron chi connectivity index (χ4n) is 2.48. The average molecular weight is 314 g/mol. The molecule has 1 aromatic carbocycles. The first-order chi connectivity index (χ1) is 9.28. The van der Waals surface area contributed by atoms with Gasteiger partial charge < -0.3 is 5.73 Å². The van der Waals surface area contributed by atoms with Gasteiger partial charge in [-0.15, -0.1) is 0 Å². The second kappa shape index (κ2) is 5.67. The summed E-state index contributed by atoms with van der Waals surface area (Å²) < 4.78 is 27.2. The van der Waals surface area contributed by atoms with E-state index in [-0.39, 0.29) is 4.75 Å². The number of thioether (sulfide) groups is 1. The molecule has 1 aliphatic rings. The van der Waals surface area contributed by atoms with Gasteiger partial charge in [0.1, 0.15) is 0 Å². The Bertz CT molecular complexity index is 597. The first kappa shape index (κ1) is 15.8. The molecule has 0 radical (unpaired) electrons. The van der Waals surface area contributed by atoms with E-state index in [1.165, 1.54) is 0 Å². The molecular weight excluding hydrogens is 292 g/mol. The molecular formula is C14H22N2O2S2. The van der Waals surface area contributed by atoms with Gasteiger partial charge in [0.05, 0.1) is 4.90 Å². The minimum Gasteiger partial charge on any atom is -0.326 e. The van der Waals surface area contributed by atoms with Crippen LogP contribution < -0.4 is 5.73 Å². The van der Waals surface area contributed by atoms with Gasteiger partial charge in [-0.05, 0) is 38.0 Å². The van der Waals surface area contributed by atoms with Crippen LogP contribution in [-0.2, 0) is 16.6 Å². The van der Waals surface area contributed by atoms with Crippen molar-refractivity contribution < 1.29 is 8.42 Å². The van der Waals surface area contributed by atoms with Crippen molar-refractivity contribution in [2.24, 2.45) is 5.73 Å². The second-order valence-corrected chi connectivity index (χ2v) is 9.40. The molecule has 1 heterocycles. The van der Waals surface area contributed by atoms with Crippen LogP contribution in [0.1, 0.15) is 25.0 Å². The minimum atomic E-state index is -3.43. The summed E-state index contributed by atoms with van der Waals surface area (Å²) in [5.41, 5.74) is 7.33. The van der Waals surface area contributed by atoms with E-state index in [1.54, 1.807) is 16.4 Å². The van der Waals surface area contributed by atoms with Crippen LogP contribution in [0.25, 0.3) is 0 Å². The van der Waals surface area contributed by atoms with Crippen molar-refractivity contribution >= 4 is 21.8 Å². The first-order valence-corrected chi connectivity index (χ1v) is 9.13. The summed E-state index contributed by atoms with van der Waals surface area (Å²) in [5, 5.41) is 0. The van der Waals surface area contributed by atoms with Crippen LogP contribution >= 0.6 is 11.8 Å². The highest BCUT2D eigenvalue weighted by Crippen LogP contribution is 2.33. The van der Waals surface area contributed by atoms with Crippen molar-refractivity contribution in [2.45, 2.75) is 37.0 Å². The number of sulfonamides is 1. The molecule has 0 aromatic heterocycles. The summed E-state index contributed by atoms with van der Waals surface area (Å²) in [4.78, 5) is 0.392. The minimum absolute atomic E-state index is 0.0370. The third-order valence-corrected chi connectivity index (χ3v) is 6.91. The summed E-state index contributed by atoms with van der Waals surface area (Å²) in [5.74, 6) is 0.835. The van der Waals surface area contributed by atoms with Gasteiger partial charge in [0.2, 0.25) is 10.0 Å². The fourth-order valence-corrected chi connectivity index (χ4v) is 5.66. The lowest BCUT2D eigenvalue weighted by Crippen LogP contribution is -2.46. The van der Waals surface area contributed by atoms with Crippen molar-refractivity contribution in [1.82, 2.24) is 4.31 Å². The molecule has 2 N–H and O–H groups in total. The number of hydrogen-bond donors (Lipinski definition) is 1. The van der Waals surface area contributed by atoms with Gasteiger partial charge in [-0.3, -0.25) is 0 Å². The number of hydrogen-bond acceptors (Lipinski definition) is 4. The third-order valence-electron chi connectivity index (χ3n) is 3.62. The van der Waals surface area contributed by atoms with Crippen LogP contribution in [0.3, 0.4) is 0 Å². The van der Waals surface area contributed by atoms with Gasteiger partial charge in [-0.2, -0.15) is 16.1 Å². The molecule has 112 valence electrons. The van der Waals surface area contributed by atoms with E-state index in [0.29, 0.717) is 24.5 Å². The first-order valence-electron chi connectivity index (χ1n) is 6.70. The molecule has 1 fully saturated rings. The quantitative estimate of drug-likeness (QED) is 0.926. The molecule has 0 saturated carbocycles. The maximum Gasteiger partial charge on any atom is 0.243 e. The zero-order valence-corrected chi connectivity index (χ0v) is 13.9. The summed E-state index contributed by atoms with van der Waals surface area (Å²) in [6, 6.07) is 5.33. The maximum absolute atomic E-state index is 12.8. The van der Waals surface area contributed by atoms with Crippen LogP contribution in [0.15, 0.2) is 23.1 Å². The largest absolute Gasteiger partial charge is 0.326 e. The second-order valence-electron chi connectivity index (χ2n) is 5.69. The number of benzene rings is 1. The normalized spacial score (nSPS) is 20.0. The highest BCUT2D eigenvalue weighted by molar-refractivity contribution is 8.00. The maximum atomic E-state index is 12.8. The lowest BCUT2D eigenvalue weighted by molar-refractivity contribution is 0.387. The van der Waals surface area contributed by atoms with Crippen molar-refractivity contribution in [3.05, 3.63) is 29.3 Å². The predicted octanol–water partition coefficient (Wildman–Crippen LogP) is 1.97. The van der Waals surface area contributed by atoms with Crippen molar-refractivity contribution in [3.8, 4) is 0 Å². The van der Waals surface area contributed by atoms with Crippen LogP contribution in [0.2, 0.25) is 0 Å². The summed E-state index contributed by atoms with van der Waals surface area (Å²) in [7, 11) is -3.43. The van der Waals surface area contributed by atoms with E-state index in [1.807, 2.05) is 24.8 Å². The molecule has 0 bridgehead atoms. The zero-order chi connectivity index (χ0) is 15.0. The van der Waals surface area contributed by atoms with E-state index in [9.17, 15) is 8.42 Å². The van der Waals surface area contributed by atoms with Crippen LogP contribution in [0, 0.1) is 6.92 Å². The Kier molecular flexibility index (Phi) is 4.49. The smallest absolute Gasteiger partial charge is 0.243 e. The molecule has 0 atom stereocenters. The molecule has 1 aromatic rings. The van der Waals surface area contributed by atoms with Crippen LogP contribution in [0.4, 0.5) is 0 Å². The Morgan fingerprint density at radius 2 is 2.10 bits per heavy atom. The Morgan fingerprint density at radius 1 is 1.40 bits per heavy atom. The number of nitrogens with zero attached hydrogens (tertiary/aromatic N) is 1. The molecule has 1 aliphatic heterocycles. The zero-order valence-electron chi connectivity index (χ0n) is 12.2. The van der Waals surface area contributed by atoms with E-state index >= 15 is 0 Å². The molecule has 0 amide bonds. The number of nitrogens with two attached hydrogens (primary N) is 1. The number of rotatable bonds is 3. The van der Waals surface area contributed by atoms with Crippen molar-refractivity contribution in [2.75, 3.05) is 18.8 Å². The topological polar surface area (TPSA) is 63.4 Å². The predicted molar refractivity (Wildman–Crippen MR) is 84.4 cm³/mol. The van der Waals surface area contributed by atoms with E-state index < -0.39 is 10.0 Å². The standard InChI is InChI=1S/C14H22N2O2S2/c1-11-12(9-15)5-4-6-13(11)20(17,18)16-7-8-19-14(2,3)10-16/h4-6H,7-10,15H2,1-3H3. The van der Waals surface area contributed by atoms with Crippen LogP contribution in [0.5, 0.6) is 0 Å². The summed E-state index contributed by atoms with van der Waals surface area (Å²) >= 11 is 1.82. The van der Waals surface area contributed by atoms with Gasteiger partial charge in [0.15, 0.2) is 0 Å². The highest BCUT2D eigenvalue weighted by Gasteiger charge is 2.35. The molecule has 6 heteroatoms. The summed E-state index contributed by atoms with van der Waals surface area (Å²) in [6.07, 6.45) is 0. The van der Waals surface area contributed by atoms with E-state index in [0.717, 1.165) is 16.9 Å². The van der Waals surface area contributed by atoms with E-state index in [4.69, 9.17) is 5.73 Å². The van der Waals surface area contributed by atoms with Gasteiger partial charge in [0, 0.05) is 30.1 Å². The molecule has 1 saturated heterocycles. The van der Waals surface area contributed by atoms with Gasteiger partial charge in [0.25, 0.3) is 0 Å². The molecule has 20 heavy (non-hydrogen) atoms. The Labute approximate surface area is 125 Å². The molecule has 0 aliphatic carbocycles. The fraction of sp³-hybridized carbons (Fsp3) is 0.571. The Hall–Kier alpha value is -0.560. The van der Waals surface area contributed by atoms with Gasteiger partial charge >= 0.3 is 0 Å². The van der Waals surface area contributed by atoms with Crippen LogP contribution in [-0.4, -0.2) is 36.3 Å². The Morgan fingerprint density at radius 3 is 2.70 bits per heavy atom. The van der Waals surface area contributed by atoms with Crippen molar-refractivity contribution in [1.29, 1.82) is 0 Å². The van der Waals surface area contributed by atoms with Crippen molar-refractivity contribution in [3.63, 3.8) is 0 Å². The Balaban J connectivity index is 2.40. The average Bonchev–Trinajstić information content (AvgIpc) is 2.37. The van der Waals surface area contributed by atoms with Gasteiger partial charge in [-0.25, -0.2) is 8.42 Å². The summed E-state index contributed by atoms with van der Waals surface area (Å²) in [6.45, 7) is 7.48. The molecule has 0 unspecified atom stereocenters. The molecule has 2 rings (SSSR count). The third kappa shape index (κ3) is 3.03. The monoisotopic (exact) mass is 314 g/mol. The lowest BCUT2D eigenvalue weighted by atomic mass is 10.1. The SMILES string of the molecule is Cc1c(CN)cccc1S(=O)(=O)N1CCSC(C)(C)C1. The molecule has 4 nitrogen and oxygen atoms in total. The lowest BCUT2D eigenvalue weighted by Gasteiger charge is -2.36. The molecule has 0 spiro atoms. The highest BCUT2D eigenvalue weighted by atomic mass is 32.2.